The Hall–Kier alpha value is -2.48. The van der Waals surface area contributed by atoms with Gasteiger partial charge in [-0.3, -0.25) is 4.79 Å². The van der Waals surface area contributed by atoms with Crippen LogP contribution in [0, 0.1) is 0 Å². The van der Waals surface area contributed by atoms with Crippen molar-refractivity contribution >= 4 is 45.8 Å². The SMILES string of the molecule is CC(c1ccc(Cl)cc1Cl)n1ncc2ncc(C3=CCN(C(=O)[C@H]4CCCCN4)CC3)nc21. The number of carbonyl (C=O) groups excluding carboxylic acids is 1. The molecule has 2 aliphatic heterocycles. The molecule has 0 bridgehead atoms. The number of aromatic nitrogens is 4. The molecule has 33 heavy (non-hydrogen) atoms. The fraction of sp³-hybridized carbons (Fsp3) is 0.417. The third-order valence-electron chi connectivity index (χ3n) is 6.54. The van der Waals surface area contributed by atoms with Crippen LogP contribution < -0.4 is 5.32 Å². The molecule has 3 aromatic rings. The third-order valence-corrected chi connectivity index (χ3v) is 7.10. The molecule has 2 aliphatic rings. The van der Waals surface area contributed by atoms with E-state index in [-0.39, 0.29) is 18.0 Å². The first-order chi connectivity index (χ1) is 16.0. The zero-order valence-corrected chi connectivity index (χ0v) is 20.0. The van der Waals surface area contributed by atoms with Gasteiger partial charge in [0.05, 0.1) is 30.2 Å². The van der Waals surface area contributed by atoms with Crippen LogP contribution in [0.1, 0.15) is 49.9 Å². The molecule has 0 radical (unpaired) electrons. The highest BCUT2D eigenvalue weighted by Gasteiger charge is 2.27. The summed E-state index contributed by atoms with van der Waals surface area (Å²) in [5.74, 6) is 0.207. The molecule has 1 unspecified atom stereocenters. The van der Waals surface area contributed by atoms with Crippen LogP contribution in [0.2, 0.25) is 10.0 Å². The number of nitrogens with one attached hydrogen (secondary N) is 1. The molecule has 0 spiro atoms. The maximum absolute atomic E-state index is 12.8. The lowest BCUT2D eigenvalue weighted by molar-refractivity contribution is -0.133. The lowest BCUT2D eigenvalue weighted by Gasteiger charge is -2.32. The first-order valence-electron chi connectivity index (χ1n) is 11.4. The summed E-state index contributed by atoms with van der Waals surface area (Å²) in [5, 5.41) is 9.07. The highest BCUT2D eigenvalue weighted by molar-refractivity contribution is 6.35. The van der Waals surface area contributed by atoms with Gasteiger partial charge in [-0.05, 0) is 56.0 Å². The van der Waals surface area contributed by atoms with Crippen molar-refractivity contribution in [2.24, 2.45) is 0 Å². The number of amides is 1. The van der Waals surface area contributed by atoms with Crippen LogP contribution in [0.15, 0.2) is 36.7 Å². The number of halogens is 2. The fourth-order valence-electron chi connectivity index (χ4n) is 4.62. The van der Waals surface area contributed by atoms with E-state index in [0.717, 1.165) is 54.6 Å². The Morgan fingerprint density at radius 2 is 2.12 bits per heavy atom. The lowest BCUT2D eigenvalue weighted by atomic mass is 10.0. The van der Waals surface area contributed by atoms with Crippen LogP contribution in [0.5, 0.6) is 0 Å². The Bertz CT molecular complexity index is 1220. The molecule has 1 aromatic carbocycles. The molecule has 0 saturated carbocycles. The average Bonchev–Trinajstić information content (AvgIpc) is 3.27. The van der Waals surface area contributed by atoms with Gasteiger partial charge in [0.25, 0.3) is 0 Å². The van der Waals surface area contributed by atoms with Gasteiger partial charge in [-0.25, -0.2) is 14.6 Å². The minimum atomic E-state index is -0.131. The second-order valence-electron chi connectivity index (χ2n) is 8.66. The minimum Gasteiger partial charge on any atom is -0.337 e. The van der Waals surface area contributed by atoms with E-state index in [1.165, 1.54) is 0 Å². The summed E-state index contributed by atoms with van der Waals surface area (Å²) in [6.07, 6.45) is 9.55. The van der Waals surface area contributed by atoms with Crippen LogP contribution in [0.3, 0.4) is 0 Å². The molecule has 1 saturated heterocycles. The Kier molecular flexibility index (Phi) is 6.36. The fourth-order valence-corrected chi connectivity index (χ4v) is 5.18. The standard InChI is InChI=1S/C24H26Cl2N6O/c1-15(18-6-5-17(25)12-19(18)26)32-23-22(14-29-32)28-13-21(30-23)16-7-10-31(11-8-16)24(33)20-4-2-3-9-27-20/h5-7,12-15,20,27H,2-4,8-11H2,1H3/t15?,20-/m1/s1. The molecule has 1 fully saturated rings. The molecular formula is C24H26Cl2N6O. The summed E-state index contributed by atoms with van der Waals surface area (Å²) in [6.45, 7) is 4.24. The molecule has 1 amide bonds. The first kappa shape index (κ1) is 22.3. The molecule has 7 nitrogen and oxygen atoms in total. The van der Waals surface area contributed by atoms with Crippen molar-refractivity contribution in [3.05, 3.63) is 58.0 Å². The van der Waals surface area contributed by atoms with E-state index < -0.39 is 0 Å². The number of benzene rings is 1. The Morgan fingerprint density at radius 1 is 1.24 bits per heavy atom. The molecule has 1 N–H and O–H groups in total. The number of fused-ring (bicyclic) bond motifs is 1. The van der Waals surface area contributed by atoms with Crippen molar-refractivity contribution in [1.82, 2.24) is 30.0 Å². The van der Waals surface area contributed by atoms with Gasteiger partial charge in [-0.2, -0.15) is 5.10 Å². The van der Waals surface area contributed by atoms with E-state index in [9.17, 15) is 4.79 Å². The predicted molar refractivity (Wildman–Crippen MR) is 130 cm³/mol. The van der Waals surface area contributed by atoms with E-state index in [1.54, 1.807) is 18.5 Å². The number of hydrogen-bond donors (Lipinski definition) is 1. The molecule has 0 aliphatic carbocycles. The van der Waals surface area contributed by atoms with Gasteiger partial charge in [0.2, 0.25) is 5.91 Å². The van der Waals surface area contributed by atoms with Gasteiger partial charge in [0, 0.05) is 23.1 Å². The summed E-state index contributed by atoms with van der Waals surface area (Å²) in [5.41, 5.74) is 4.28. The highest BCUT2D eigenvalue weighted by atomic mass is 35.5. The van der Waals surface area contributed by atoms with Crippen LogP contribution in [0.4, 0.5) is 0 Å². The molecule has 172 valence electrons. The van der Waals surface area contributed by atoms with Crippen molar-refractivity contribution < 1.29 is 4.79 Å². The van der Waals surface area contributed by atoms with Crippen molar-refractivity contribution in [2.75, 3.05) is 19.6 Å². The zero-order chi connectivity index (χ0) is 22.9. The topological polar surface area (TPSA) is 75.9 Å². The summed E-state index contributed by atoms with van der Waals surface area (Å²) in [7, 11) is 0. The van der Waals surface area contributed by atoms with Crippen LogP contribution >= 0.6 is 23.2 Å². The van der Waals surface area contributed by atoms with Crippen LogP contribution in [-0.2, 0) is 4.79 Å². The summed E-state index contributed by atoms with van der Waals surface area (Å²) >= 11 is 12.5. The zero-order valence-electron chi connectivity index (χ0n) is 18.5. The van der Waals surface area contributed by atoms with Gasteiger partial charge in [-0.1, -0.05) is 41.8 Å². The number of hydrogen-bond acceptors (Lipinski definition) is 5. The summed E-state index contributed by atoms with van der Waals surface area (Å²) in [4.78, 5) is 24.2. The normalized spacial score (nSPS) is 20.0. The first-order valence-corrected chi connectivity index (χ1v) is 12.1. The summed E-state index contributed by atoms with van der Waals surface area (Å²) < 4.78 is 1.84. The van der Waals surface area contributed by atoms with Gasteiger partial charge < -0.3 is 10.2 Å². The van der Waals surface area contributed by atoms with Gasteiger partial charge in [-0.15, -0.1) is 0 Å². The molecular weight excluding hydrogens is 459 g/mol. The Labute approximate surface area is 202 Å². The second kappa shape index (κ2) is 9.41. The maximum Gasteiger partial charge on any atom is 0.239 e. The maximum atomic E-state index is 12.8. The Balaban J connectivity index is 1.37. The van der Waals surface area contributed by atoms with Crippen molar-refractivity contribution in [3.63, 3.8) is 0 Å². The van der Waals surface area contributed by atoms with Crippen molar-refractivity contribution in [2.45, 2.75) is 44.7 Å². The molecule has 4 heterocycles. The summed E-state index contributed by atoms with van der Waals surface area (Å²) in [6, 6.07) is 5.30. The van der Waals surface area contributed by atoms with Crippen molar-refractivity contribution in [1.29, 1.82) is 0 Å². The van der Waals surface area contributed by atoms with E-state index in [2.05, 4.69) is 21.5 Å². The van der Waals surface area contributed by atoms with Gasteiger partial charge in [0.1, 0.15) is 5.52 Å². The molecule has 5 rings (SSSR count). The largest absolute Gasteiger partial charge is 0.337 e. The lowest BCUT2D eigenvalue weighted by Crippen LogP contribution is -2.49. The highest BCUT2D eigenvalue weighted by Crippen LogP contribution is 2.30. The third kappa shape index (κ3) is 4.50. The second-order valence-corrected chi connectivity index (χ2v) is 9.50. The van der Waals surface area contributed by atoms with E-state index >= 15 is 0 Å². The molecule has 9 heteroatoms. The van der Waals surface area contributed by atoms with Crippen LogP contribution in [0.25, 0.3) is 16.7 Å². The van der Waals surface area contributed by atoms with E-state index in [0.29, 0.717) is 28.8 Å². The van der Waals surface area contributed by atoms with Gasteiger partial charge in [0.15, 0.2) is 5.65 Å². The predicted octanol–water partition coefficient (Wildman–Crippen LogP) is 4.50. The number of rotatable bonds is 4. The van der Waals surface area contributed by atoms with Gasteiger partial charge >= 0.3 is 0 Å². The average molecular weight is 485 g/mol. The van der Waals surface area contributed by atoms with Crippen molar-refractivity contribution in [3.8, 4) is 0 Å². The smallest absolute Gasteiger partial charge is 0.239 e. The number of piperidine rings is 1. The quantitative estimate of drug-likeness (QED) is 0.589. The number of carbonyl (C=O) groups is 1. The van der Waals surface area contributed by atoms with E-state index in [1.807, 2.05) is 28.6 Å². The monoisotopic (exact) mass is 484 g/mol. The van der Waals surface area contributed by atoms with E-state index in [4.69, 9.17) is 28.2 Å². The molecule has 2 atom stereocenters. The Morgan fingerprint density at radius 3 is 2.85 bits per heavy atom. The molecule has 2 aromatic heterocycles. The van der Waals surface area contributed by atoms with Crippen LogP contribution in [-0.4, -0.2) is 56.2 Å². The minimum absolute atomic E-state index is 0.0413. The number of nitrogens with zero attached hydrogens (tertiary/aromatic N) is 5.